The van der Waals surface area contributed by atoms with Crippen LogP contribution < -0.4 is 10.6 Å². The molecule has 0 bridgehead atoms. The summed E-state index contributed by atoms with van der Waals surface area (Å²) in [7, 11) is 0. The quantitative estimate of drug-likeness (QED) is 0.705. The van der Waals surface area contributed by atoms with E-state index in [9.17, 15) is 14.0 Å². The fourth-order valence-corrected chi connectivity index (χ4v) is 3.65. The molecular formula is C20H17FN2O2S. The van der Waals surface area contributed by atoms with Crippen LogP contribution in [0.2, 0.25) is 0 Å². The van der Waals surface area contributed by atoms with Crippen LogP contribution in [-0.4, -0.2) is 11.8 Å². The zero-order valence-electron chi connectivity index (χ0n) is 13.9. The Balaban J connectivity index is 1.36. The van der Waals surface area contributed by atoms with Gasteiger partial charge in [0.15, 0.2) is 0 Å². The lowest BCUT2D eigenvalue weighted by Crippen LogP contribution is -2.21. The second-order valence-corrected chi connectivity index (χ2v) is 7.52. The highest BCUT2D eigenvalue weighted by Crippen LogP contribution is 2.30. The molecule has 0 saturated heterocycles. The zero-order chi connectivity index (χ0) is 18.1. The Morgan fingerprint density at radius 1 is 1.08 bits per heavy atom. The number of anilines is 1. The van der Waals surface area contributed by atoms with Crippen LogP contribution in [0.1, 0.15) is 28.1 Å². The summed E-state index contributed by atoms with van der Waals surface area (Å²) in [5.41, 5.74) is 1.71. The van der Waals surface area contributed by atoms with Crippen LogP contribution in [0.3, 0.4) is 0 Å². The van der Waals surface area contributed by atoms with E-state index >= 15 is 0 Å². The van der Waals surface area contributed by atoms with E-state index in [1.54, 1.807) is 12.1 Å². The van der Waals surface area contributed by atoms with E-state index in [-0.39, 0.29) is 23.5 Å². The van der Waals surface area contributed by atoms with Gasteiger partial charge in [0.2, 0.25) is 5.91 Å². The number of rotatable bonds is 5. The standard InChI is InChI=1S/C20H17FN2O2S/c21-15-5-8-17-14(9-15)10-18(26-17)20(25)22-11-12-1-6-16(7-2-12)23-19(24)13-3-4-13/h1-2,5-10,13H,3-4,11H2,(H,22,25)(H,23,24). The summed E-state index contributed by atoms with van der Waals surface area (Å²) < 4.78 is 14.1. The molecule has 132 valence electrons. The molecule has 0 atom stereocenters. The van der Waals surface area contributed by atoms with Crippen molar-refractivity contribution in [2.75, 3.05) is 5.32 Å². The van der Waals surface area contributed by atoms with Gasteiger partial charge in [0.05, 0.1) is 4.88 Å². The molecule has 4 rings (SSSR count). The highest BCUT2D eigenvalue weighted by atomic mass is 32.1. The van der Waals surface area contributed by atoms with Gasteiger partial charge < -0.3 is 10.6 Å². The van der Waals surface area contributed by atoms with Crippen molar-refractivity contribution in [3.63, 3.8) is 0 Å². The Hall–Kier alpha value is -2.73. The summed E-state index contributed by atoms with van der Waals surface area (Å²) in [6.07, 6.45) is 1.95. The lowest BCUT2D eigenvalue weighted by Gasteiger charge is -2.07. The molecule has 0 radical (unpaired) electrons. The third-order valence-electron chi connectivity index (χ3n) is 4.32. The summed E-state index contributed by atoms with van der Waals surface area (Å²) >= 11 is 1.34. The van der Waals surface area contributed by atoms with E-state index in [4.69, 9.17) is 0 Å². The molecule has 2 aromatic carbocycles. The lowest BCUT2D eigenvalue weighted by atomic mass is 10.2. The fourth-order valence-electron chi connectivity index (χ4n) is 2.69. The molecular weight excluding hydrogens is 351 g/mol. The molecule has 3 aromatic rings. The number of nitrogens with one attached hydrogen (secondary N) is 2. The molecule has 0 spiro atoms. The van der Waals surface area contributed by atoms with Crippen molar-refractivity contribution in [1.82, 2.24) is 5.32 Å². The van der Waals surface area contributed by atoms with Gasteiger partial charge in [-0.15, -0.1) is 11.3 Å². The maximum absolute atomic E-state index is 13.3. The predicted octanol–water partition coefficient (Wildman–Crippen LogP) is 4.32. The van der Waals surface area contributed by atoms with Crippen molar-refractivity contribution >= 4 is 38.9 Å². The van der Waals surface area contributed by atoms with Gasteiger partial charge in [-0.1, -0.05) is 12.1 Å². The molecule has 26 heavy (non-hydrogen) atoms. The molecule has 1 aromatic heterocycles. The highest BCUT2D eigenvalue weighted by Gasteiger charge is 2.29. The number of fused-ring (bicyclic) bond motifs is 1. The first-order valence-electron chi connectivity index (χ1n) is 8.45. The number of carbonyl (C=O) groups excluding carboxylic acids is 2. The fraction of sp³-hybridized carbons (Fsp3) is 0.200. The topological polar surface area (TPSA) is 58.2 Å². The first kappa shape index (κ1) is 16.7. The van der Waals surface area contributed by atoms with Crippen LogP contribution in [0.5, 0.6) is 0 Å². The van der Waals surface area contributed by atoms with E-state index in [1.807, 2.05) is 24.3 Å². The summed E-state index contributed by atoms with van der Waals surface area (Å²) in [6.45, 7) is 0.387. The molecule has 4 nitrogen and oxygen atoms in total. The molecule has 0 unspecified atom stereocenters. The van der Waals surface area contributed by atoms with Crippen LogP contribution >= 0.6 is 11.3 Å². The number of carbonyl (C=O) groups is 2. The highest BCUT2D eigenvalue weighted by molar-refractivity contribution is 7.20. The predicted molar refractivity (Wildman–Crippen MR) is 101 cm³/mol. The minimum atomic E-state index is -0.309. The van der Waals surface area contributed by atoms with E-state index < -0.39 is 0 Å². The lowest BCUT2D eigenvalue weighted by molar-refractivity contribution is -0.117. The Bertz CT molecular complexity index is 977. The van der Waals surface area contributed by atoms with Gasteiger partial charge in [-0.3, -0.25) is 9.59 Å². The molecule has 1 aliphatic carbocycles. The van der Waals surface area contributed by atoms with Crippen LogP contribution in [0.4, 0.5) is 10.1 Å². The summed E-state index contributed by atoms with van der Waals surface area (Å²) in [5.74, 6) is -0.246. The number of thiophene rings is 1. The number of benzene rings is 2. The summed E-state index contributed by atoms with van der Waals surface area (Å²) in [4.78, 5) is 24.6. The minimum absolute atomic E-state index is 0.0762. The van der Waals surface area contributed by atoms with Crippen LogP contribution in [0, 0.1) is 11.7 Å². The molecule has 1 heterocycles. The van der Waals surface area contributed by atoms with Gasteiger partial charge in [0.25, 0.3) is 5.91 Å². The zero-order valence-corrected chi connectivity index (χ0v) is 14.7. The SMILES string of the molecule is O=C(NCc1ccc(NC(=O)C2CC2)cc1)c1cc2cc(F)ccc2s1. The molecule has 2 N–H and O–H groups in total. The first-order valence-corrected chi connectivity index (χ1v) is 9.27. The van der Waals surface area contributed by atoms with Gasteiger partial charge in [-0.2, -0.15) is 0 Å². The van der Waals surface area contributed by atoms with E-state index in [0.717, 1.165) is 34.2 Å². The molecule has 1 aliphatic rings. The largest absolute Gasteiger partial charge is 0.347 e. The van der Waals surface area contributed by atoms with E-state index in [0.29, 0.717) is 11.4 Å². The van der Waals surface area contributed by atoms with Crippen LogP contribution in [0.25, 0.3) is 10.1 Å². The molecule has 6 heteroatoms. The summed E-state index contributed by atoms with van der Waals surface area (Å²) in [6, 6.07) is 13.6. The van der Waals surface area contributed by atoms with E-state index in [1.165, 1.54) is 23.5 Å². The second-order valence-electron chi connectivity index (χ2n) is 6.44. The molecule has 1 fully saturated rings. The third-order valence-corrected chi connectivity index (χ3v) is 5.44. The first-order chi connectivity index (χ1) is 12.6. The number of halogens is 1. The Morgan fingerprint density at radius 2 is 1.85 bits per heavy atom. The minimum Gasteiger partial charge on any atom is -0.347 e. The van der Waals surface area contributed by atoms with Crippen LogP contribution in [0.15, 0.2) is 48.5 Å². The van der Waals surface area contributed by atoms with Crippen LogP contribution in [-0.2, 0) is 11.3 Å². The van der Waals surface area contributed by atoms with Crippen molar-refractivity contribution in [2.45, 2.75) is 19.4 Å². The molecule has 1 saturated carbocycles. The number of hydrogen-bond acceptors (Lipinski definition) is 3. The smallest absolute Gasteiger partial charge is 0.261 e. The normalized spacial score (nSPS) is 13.6. The number of hydrogen-bond donors (Lipinski definition) is 2. The van der Waals surface area contributed by atoms with Gasteiger partial charge in [0, 0.05) is 22.8 Å². The van der Waals surface area contributed by atoms with Gasteiger partial charge in [-0.25, -0.2) is 4.39 Å². The monoisotopic (exact) mass is 368 g/mol. The second kappa shape index (κ2) is 6.88. The van der Waals surface area contributed by atoms with Crippen molar-refractivity contribution in [2.24, 2.45) is 5.92 Å². The van der Waals surface area contributed by atoms with Crippen molar-refractivity contribution in [3.05, 3.63) is 64.8 Å². The Kier molecular flexibility index (Phi) is 4.42. The number of amides is 2. The van der Waals surface area contributed by atoms with Crippen molar-refractivity contribution in [3.8, 4) is 0 Å². The van der Waals surface area contributed by atoms with Crippen molar-refractivity contribution in [1.29, 1.82) is 0 Å². The summed E-state index contributed by atoms with van der Waals surface area (Å²) in [5, 5.41) is 6.49. The van der Waals surface area contributed by atoms with E-state index in [2.05, 4.69) is 10.6 Å². The Morgan fingerprint density at radius 3 is 2.58 bits per heavy atom. The van der Waals surface area contributed by atoms with Crippen molar-refractivity contribution < 1.29 is 14.0 Å². The van der Waals surface area contributed by atoms with Gasteiger partial charge >= 0.3 is 0 Å². The third kappa shape index (κ3) is 3.75. The molecule has 2 amide bonds. The maximum Gasteiger partial charge on any atom is 0.261 e. The average molecular weight is 368 g/mol. The average Bonchev–Trinajstić information content (AvgIpc) is 3.40. The van der Waals surface area contributed by atoms with Gasteiger partial charge in [0.1, 0.15) is 5.82 Å². The maximum atomic E-state index is 13.3. The molecule has 0 aliphatic heterocycles. The van der Waals surface area contributed by atoms with Gasteiger partial charge in [-0.05, 0) is 60.2 Å². The Labute approximate surface area is 154 Å².